The fraction of sp³-hybridized carbons (Fsp3) is 0.314. The fourth-order valence-electron chi connectivity index (χ4n) is 5.01. The van der Waals surface area contributed by atoms with E-state index < -0.39 is 23.7 Å². The maximum atomic E-state index is 15.1. The molecule has 0 spiro atoms. The zero-order chi connectivity index (χ0) is 28.5. The Bertz CT molecular complexity index is 1340. The van der Waals surface area contributed by atoms with Crippen LogP contribution in [0.5, 0.6) is 5.75 Å². The molecular formula is C35H37F3O2. The van der Waals surface area contributed by atoms with E-state index in [-0.39, 0.29) is 5.82 Å². The Labute approximate surface area is 235 Å². The van der Waals surface area contributed by atoms with Gasteiger partial charge in [0, 0.05) is 17.5 Å². The van der Waals surface area contributed by atoms with E-state index in [0.29, 0.717) is 54.7 Å². The van der Waals surface area contributed by atoms with Crippen LogP contribution < -0.4 is 4.74 Å². The van der Waals surface area contributed by atoms with Crippen molar-refractivity contribution in [3.8, 4) is 16.9 Å². The second-order valence-electron chi connectivity index (χ2n) is 10.3. The summed E-state index contributed by atoms with van der Waals surface area (Å²) in [4.78, 5) is 0. The highest BCUT2D eigenvalue weighted by molar-refractivity contribution is 5.65. The van der Waals surface area contributed by atoms with Gasteiger partial charge < -0.3 is 9.84 Å². The first-order valence-electron chi connectivity index (χ1n) is 14.1. The summed E-state index contributed by atoms with van der Waals surface area (Å²) < 4.78 is 50.4. The van der Waals surface area contributed by atoms with Crippen LogP contribution in [0.2, 0.25) is 0 Å². The maximum Gasteiger partial charge on any atom is 0.158 e. The van der Waals surface area contributed by atoms with Crippen LogP contribution >= 0.6 is 0 Å². The number of benzene rings is 3. The third-order valence-corrected chi connectivity index (χ3v) is 7.39. The van der Waals surface area contributed by atoms with Crippen LogP contribution in [0.4, 0.5) is 13.2 Å². The first-order valence-corrected chi connectivity index (χ1v) is 14.1. The van der Waals surface area contributed by atoms with Gasteiger partial charge in [0.1, 0.15) is 17.4 Å². The van der Waals surface area contributed by atoms with Crippen LogP contribution in [-0.4, -0.2) is 11.7 Å². The Kier molecular flexibility index (Phi) is 10.4. The number of ether oxygens (including phenoxy) is 1. The summed E-state index contributed by atoms with van der Waals surface area (Å²) in [7, 11) is 0. The van der Waals surface area contributed by atoms with Crippen molar-refractivity contribution < 1.29 is 23.0 Å². The number of unbranched alkanes of at least 4 members (excludes halogenated alkanes) is 1. The Morgan fingerprint density at radius 1 is 1.00 bits per heavy atom. The Morgan fingerprint density at radius 3 is 2.42 bits per heavy atom. The fourth-order valence-corrected chi connectivity index (χ4v) is 5.01. The molecule has 0 heterocycles. The summed E-state index contributed by atoms with van der Waals surface area (Å²) in [5.74, 6) is -2.03. The summed E-state index contributed by atoms with van der Waals surface area (Å²) in [5, 5.41) is 10.2. The van der Waals surface area contributed by atoms with E-state index in [9.17, 15) is 9.50 Å². The molecule has 2 nitrogen and oxygen atoms in total. The van der Waals surface area contributed by atoms with Gasteiger partial charge in [-0.15, -0.1) is 6.58 Å². The average Bonchev–Trinajstić information content (AvgIpc) is 2.97. The second-order valence-corrected chi connectivity index (χ2v) is 10.3. The molecule has 0 amide bonds. The number of halogens is 3. The van der Waals surface area contributed by atoms with E-state index in [1.54, 1.807) is 42.5 Å². The quantitative estimate of drug-likeness (QED) is 0.171. The number of aliphatic hydroxyl groups is 1. The summed E-state index contributed by atoms with van der Waals surface area (Å²) >= 11 is 0. The van der Waals surface area contributed by atoms with Gasteiger partial charge in [0.25, 0.3) is 0 Å². The molecule has 3 aromatic rings. The molecule has 0 saturated heterocycles. The summed E-state index contributed by atoms with van der Waals surface area (Å²) in [6, 6.07) is 19.5. The van der Waals surface area contributed by atoms with Gasteiger partial charge in [-0.2, -0.15) is 0 Å². The summed E-state index contributed by atoms with van der Waals surface area (Å²) in [5.41, 5.74) is 4.05. The van der Waals surface area contributed by atoms with E-state index in [4.69, 9.17) is 4.74 Å². The zero-order valence-corrected chi connectivity index (χ0v) is 23.0. The highest BCUT2D eigenvalue weighted by atomic mass is 19.2. The van der Waals surface area contributed by atoms with Gasteiger partial charge in [-0.1, -0.05) is 74.0 Å². The van der Waals surface area contributed by atoms with Crippen molar-refractivity contribution in [1.82, 2.24) is 0 Å². The first-order chi connectivity index (χ1) is 19.4. The molecule has 0 fully saturated rings. The topological polar surface area (TPSA) is 29.5 Å². The third-order valence-electron chi connectivity index (χ3n) is 7.39. The normalized spacial score (nSPS) is 16.0. The van der Waals surface area contributed by atoms with Crippen LogP contribution in [0.3, 0.4) is 0 Å². The molecule has 1 aliphatic carbocycles. The molecule has 0 bridgehead atoms. The minimum atomic E-state index is -0.781. The van der Waals surface area contributed by atoms with Crippen molar-refractivity contribution in [2.75, 3.05) is 6.61 Å². The monoisotopic (exact) mass is 546 g/mol. The van der Waals surface area contributed by atoms with Crippen molar-refractivity contribution in [2.45, 2.75) is 63.9 Å². The van der Waals surface area contributed by atoms with Crippen molar-refractivity contribution in [3.05, 3.63) is 125 Å². The minimum Gasteiger partial charge on any atom is -0.493 e. The lowest BCUT2D eigenvalue weighted by atomic mass is 9.86. The van der Waals surface area contributed by atoms with Crippen LogP contribution in [0.25, 0.3) is 11.1 Å². The number of rotatable bonds is 13. The number of hydrogen-bond donors (Lipinski definition) is 1. The van der Waals surface area contributed by atoms with Gasteiger partial charge >= 0.3 is 0 Å². The number of hydrogen-bond acceptors (Lipinski definition) is 2. The van der Waals surface area contributed by atoms with Gasteiger partial charge in [-0.05, 0) is 78.5 Å². The molecule has 1 aliphatic rings. The van der Waals surface area contributed by atoms with Gasteiger partial charge in [0.2, 0.25) is 0 Å². The smallest absolute Gasteiger partial charge is 0.158 e. The van der Waals surface area contributed by atoms with Gasteiger partial charge in [-0.3, -0.25) is 0 Å². The molecule has 40 heavy (non-hydrogen) atoms. The lowest BCUT2D eigenvalue weighted by Gasteiger charge is -2.21. The predicted molar refractivity (Wildman–Crippen MR) is 156 cm³/mol. The molecule has 0 aromatic heterocycles. The molecule has 2 unspecified atom stereocenters. The van der Waals surface area contributed by atoms with Crippen LogP contribution in [0.1, 0.15) is 74.2 Å². The van der Waals surface area contributed by atoms with E-state index in [1.807, 2.05) is 37.3 Å². The summed E-state index contributed by atoms with van der Waals surface area (Å²) in [6.45, 7) is 6.19. The van der Waals surface area contributed by atoms with Gasteiger partial charge in [0.05, 0.1) is 12.7 Å². The first kappa shape index (κ1) is 29.4. The molecule has 5 heteroatoms. The molecular weight excluding hydrogens is 509 g/mol. The van der Waals surface area contributed by atoms with Gasteiger partial charge in [0.15, 0.2) is 5.83 Å². The lowest BCUT2D eigenvalue weighted by Crippen LogP contribution is -2.08. The standard InChI is InChI=1S/C35H37F3O2/c1-3-5-6-22-40-29-19-21-30(32(36)23-29)25-11-8-24(9-12-25)10-13-28-18-20-31(35(38)34(28)37)26-14-16-27(17-15-26)33(39)7-4-2/h3,8-9,11-12,14-19,21,23,31,33,39H,1,4-7,10,13,20,22H2,2H3. The third kappa shape index (κ3) is 7.33. The molecule has 1 N–H and O–H groups in total. The molecule has 3 aromatic carbocycles. The van der Waals surface area contributed by atoms with Crippen molar-refractivity contribution in [2.24, 2.45) is 0 Å². The van der Waals surface area contributed by atoms with Crippen molar-refractivity contribution in [1.29, 1.82) is 0 Å². The van der Waals surface area contributed by atoms with E-state index in [2.05, 4.69) is 6.58 Å². The van der Waals surface area contributed by atoms with Crippen molar-refractivity contribution in [3.63, 3.8) is 0 Å². The SMILES string of the molecule is C=CCCCOc1ccc(-c2ccc(CCC3=CCC(c4ccc(C(O)CCC)cc4)C(F)=C3F)cc2)c(F)c1. The number of allylic oxidation sites excluding steroid dienone is 5. The Morgan fingerprint density at radius 2 is 1.75 bits per heavy atom. The van der Waals surface area contributed by atoms with Crippen LogP contribution in [-0.2, 0) is 6.42 Å². The minimum absolute atomic E-state index is 0.356. The van der Waals surface area contributed by atoms with Crippen molar-refractivity contribution >= 4 is 0 Å². The summed E-state index contributed by atoms with van der Waals surface area (Å²) in [6.07, 6.45) is 7.58. The number of aryl methyl sites for hydroxylation is 1. The molecule has 210 valence electrons. The lowest BCUT2D eigenvalue weighted by molar-refractivity contribution is 0.166. The number of aliphatic hydroxyl groups excluding tert-OH is 1. The Hall–Kier alpha value is -3.57. The van der Waals surface area contributed by atoms with E-state index in [0.717, 1.165) is 36.0 Å². The van der Waals surface area contributed by atoms with Crippen LogP contribution in [0, 0.1) is 5.82 Å². The van der Waals surface area contributed by atoms with E-state index >= 15 is 8.78 Å². The highest BCUT2D eigenvalue weighted by Gasteiger charge is 2.26. The van der Waals surface area contributed by atoms with Crippen LogP contribution in [0.15, 0.2) is 103 Å². The van der Waals surface area contributed by atoms with Gasteiger partial charge in [-0.25, -0.2) is 13.2 Å². The van der Waals surface area contributed by atoms with E-state index in [1.165, 1.54) is 6.07 Å². The Balaban J connectivity index is 1.34. The zero-order valence-electron chi connectivity index (χ0n) is 23.0. The molecule has 0 aliphatic heterocycles. The second kappa shape index (κ2) is 14.2. The highest BCUT2D eigenvalue weighted by Crippen LogP contribution is 2.40. The molecule has 0 radical (unpaired) electrons. The average molecular weight is 547 g/mol. The molecule has 0 saturated carbocycles. The predicted octanol–water partition coefficient (Wildman–Crippen LogP) is 9.87. The largest absolute Gasteiger partial charge is 0.493 e. The molecule has 4 rings (SSSR count). The molecule has 2 atom stereocenters. The maximum absolute atomic E-state index is 15.1.